The summed E-state index contributed by atoms with van der Waals surface area (Å²) in [6.45, 7) is 5.21. The summed E-state index contributed by atoms with van der Waals surface area (Å²) in [5.41, 5.74) is 0.457. The van der Waals surface area contributed by atoms with Crippen LogP contribution in [0.3, 0.4) is 0 Å². The smallest absolute Gasteiger partial charge is 0.341 e. The molecule has 0 amide bonds. The van der Waals surface area contributed by atoms with Crippen molar-refractivity contribution in [2.45, 2.75) is 33.2 Å². The fraction of sp³-hybridized carbons (Fsp3) is 0.571. The van der Waals surface area contributed by atoms with Gasteiger partial charge in [-0.2, -0.15) is 0 Å². The number of nitrogens with zero attached hydrogens (tertiary/aromatic N) is 1. The second-order valence-electron chi connectivity index (χ2n) is 4.38. The van der Waals surface area contributed by atoms with Crippen molar-refractivity contribution in [3.05, 3.63) is 23.2 Å². The Kier molecular flexibility index (Phi) is 6.63. The van der Waals surface area contributed by atoms with Crippen LogP contribution < -0.4 is 10.6 Å². The van der Waals surface area contributed by atoms with E-state index in [-0.39, 0.29) is 5.97 Å². The van der Waals surface area contributed by atoms with E-state index in [1.807, 2.05) is 0 Å². The summed E-state index contributed by atoms with van der Waals surface area (Å²) in [5.74, 6) is 1.55. The SMILES string of the molecule is CCCCNC(=NC)NCc1cc(C(=O)OC)c(C)o1. The van der Waals surface area contributed by atoms with Crippen molar-refractivity contribution in [3.8, 4) is 0 Å². The van der Waals surface area contributed by atoms with E-state index in [2.05, 4.69) is 27.3 Å². The first-order chi connectivity index (χ1) is 9.62. The van der Waals surface area contributed by atoms with Crippen LogP contribution in [-0.4, -0.2) is 32.6 Å². The lowest BCUT2D eigenvalue weighted by Gasteiger charge is -2.10. The van der Waals surface area contributed by atoms with Gasteiger partial charge in [0, 0.05) is 13.6 Å². The van der Waals surface area contributed by atoms with E-state index in [1.165, 1.54) is 7.11 Å². The zero-order valence-corrected chi connectivity index (χ0v) is 12.6. The molecule has 0 aromatic carbocycles. The van der Waals surface area contributed by atoms with Gasteiger partial charge in [0.1, 0.15) is 17.1 Å². The maximum absolute atomic E-state index is 11.5. The minimum atomic E-state index is -0.386. The van der Waals surface area contributed by atoms with Crippen molar-refractivity contribution in [1.29, 1.82) is 0 Å². The molecule has 1 rings (SSSR count). The fourth-order valence-electron chi connectivity index (χ4n) is 1.72. The molecule has 1 heterocycles. The Balaban J connectivity index is 2.54. The molecular formula is C14H23N3O3. The maximum atomic E-state index is 11.5. The molecule has 0 atom stereocenters. The summed E-state index contributed by atoms with van der Waals surface area (Å²) in [5, 5.41) is 6.34. The van der Waals surface area contributed by atoms with Gasteiger partial charge < -0.3 is 19.8 Å². The van der Waals surface area contributed by atoms with Gasteiger partial charge in [-0.25, -0.2) is 4.79 Å². The van der Waals surface area contributed by atoms with Crippen molar-refractivity contribution in [2.24, 2.45) is 4.99 Å². The van der Waals surface area contributed by atoms with Crippen LogP contribution in [0.4, 0.5) is 0 Å². The molecule has 1 aromatic rings. The minimum Gasteiger partial charge on any atom is -0.465 e. The second-order valence-corrected chi connectivity index (χ2v) is 4.38. The third kappa shape index (κ3) is 4.60. The van der Waals surface area contributed by atoms with Crippen molar-refractivity contribution < 1.29 is 13.9 Å². The van der Waals surface area contributed by atoms with Crippen LogP contribution in [0.25, 0.3) is 0 Å². The van der Waals surface area contributed by atoms with Crippen LogP contribution in [0.5, 0.6) is 0 Å². The zero-order chi connectivity index (χ0) is 15.0. The third-order valence-electron chi connectivity index (χ3n) is 2.85. The molecule has 6 heteroatoms. The minimum absolute atomic E-state index is 0.386. The van der Waals surface area contributed by atoms with Crippen LogP contribution in [-0.2, 0) is 11.3 Å². The van der Waals surface area contributed by atoms with E-state index in [4.69, 9.17) is 4.42 Å². The molecule has 6 nitrogen and oxygen atoms in total. The summed E-state index contributed by atoms with van der Waals surface area (Å²) >= 11 is 0. The van der Waals surface area contributed by atoms with E-state index >= 15 is 0 Å². The van der Waals surface area contributed by atoms with E-state index in [1.54, 1.807) is 20.0 Å². The van der Waals surface area contributed by atoms with Gasteiger partial charge in [-0.1, -0.05) is 13.3 Å². The Morgan fingerprint density at radius 1 is 1.45 bits per heavy atom. The average Bonchev–Trinajstić information content (AvgIpc) is 2.83. The normalized spacial score (nSPS) is 11.3. The van der Waals surface area contributed by atoms with Crippen molar-refractivity contribution in [3.63, 3.8) is 0 Å². The lowest BCUT2D eigenvalue weighted by atomic mass is 10.2. The van der Waals surface area contributed by atoms with Gasteiger partial charge in [-0.15, -0.1) is 0 Å². The maximum Gasteiger partial charge on any atom is 0.341 e. The summed E-state index contributed by atoms with van der Waals surface area (Å²) in [6, 6.07) is 1.69. The van der Waals surface area contributed by atoms with Crippen LogP contribution in [0.1, 0.15) is 41.6 Å². The third-order valence-corrected chi connectivity index (χ3v) is 2.85. The number of esters is 1. The molecule has 112 valence electrons. The molecule has 0 unspecified atom stereocenters. The predicted molar refractivity (Wildman–Crippen MR) is 77.9 cm³/mol. The van der Waals surface area contributed by atoms with Crippen LogP contribution in [0.2, 0.25) is 0 Å². The molecule has 0 radical (unpaired) electrons. The summed E-state index contributed by atoms with van der Waals surface area (Å²) in [4.78, 5) is 15.6. The number of guanidine groups is 1. The largest absolute Gasteiger partial charge is 0.465 e. The molecule has 0 fully saturated rings. The molecule has 0 aliphatic rings. The molecule has 0 bridgehead atoms. The molecule has 20 heavy (non-hydrogen) atoms. The quantitative estimate of drug-likeness (QED) is 0.360. The van der Waals surface area contributed by atoms with Crippen LogP contribution in [0.15, 0.2) is 15.5 Å². The van der Waals surface area contributed by atoms with Gasteiger partial charge >= 0.3 is 5.97 Å². The van der Waals surface area contributed by atoms with Crippen LogP contribution >= 0.6 is 0 Å². The molecule has 0 saturated heterocycles. The Hall–Kier alpha value is -1.98. The number of hydrogen-bond donors (Lipinski definition) is 2. The zero-order valence-electron chi connectivity index (χ0n) is 12.6. The Morgan fingerprint density at radius 2 is 2.20 bits per heavy atom. The highest BCUT2D eigenvalue weighted by atomic mass is 16.5. The van der Waals surface area contributed by atoms with Crippen molar-refractivity contribution in [2.75, 3.05) is 20.7 Å². The number of methoxy groups -OCH3 is 1. The lowest BCUT2D eigenvalue weighted by molar-refractivity contribution is 0.0599. The summed E-state index contributed by atoms with van der Waals surface area (Å²) in [6.07, 6.45) is 2.22. The monoisotopic (exact) mass is 281 g/mol. The first kappa shape index (κ1) is 16.1. The van der Waals surface area contributed by atoms with Gasteiger partial charge in [0.15, 0.2) is 5.96 Å². The molecular weight excluding hydrogens is 258 g/mol. The van der Waals surface area contributed by atoms with Crippen molar-refractivity contribution in [1.82, 2.24) is 10.6 Å². The summed E-state index contributed by atoms with van der Waals surface area (Å²) in [7, 11) is 3.07. The number of rotatable bonds is 6. The molecule has 1 aromatic heterocycles. The number of unbranched alkanes of at least 4 members (excludes halogenated alkanes) is 1. The number of aliphatic imine (C=N–C) groups is 1. The van der Waals surface area contributed by atoms with Gasteiger partial charge in [0.05, 0.1) is 13.7 Å². The fourth-order valence-corrected chi connectivity index (χ4v) is 1.72. The number of furan rings is 1. The number of nitrogens with one attached hydrogen (secondary N) is 2. The van der Waals surface area contributed by atoms with Crippen LogP contribution in [0, 0.1) is 6.92 Å². The highest BCUT2D eigenvalue weighted by Crippen LogP contribution is 2.15. The van der Waals surface area contributed by atoms with Crippen molar-refractivity contribution >= 4 is 11.9 Å². The number of carbonyl (C=O) groups excluding carboxylic acids is 1. The number of carbonyl (C=O) groups is 1. The standard InChI is InChI=1S/C14H23N3O3/c1-5-6-7-16-14(15-3)17-9-11-8-12(10(2)20-11)13(18)19-4/h8H,5-7,9H2,1-4H3,(H2,15,16,17). The average molecular weight is 281 g/mol. The van der Waals surface area contributed by atoms with E-state index in [9.17, 15) is 4.79 Å². The summed E-state index contributed by atoms with van der Waals surface area (Å²) < 4.78 is 10.2. The molecule has 0 saturated carbocycles. The van der Waals surface area contributed by atoms with Gasteiger partial charge in [-0.05, 0) is 19.4 Å². The van der Waals surface area contributed by atoms with Gasteiger partial charge in [0.25, 0.3) is 0 Å². The van der Waals surface area contributed by atoms with E-state index < -0.39 is 0 Å². The molecule has 0 spiro atoms. The highest BCUT2D eigenvalue weighted by molar-refractivity contribution is 5.90. The highest BCUT2D eigenvalue weighted by Gasteiger charge is 2.15. The Labute approximate surface area is 119 Å². The molecule has 0 aliphatic carbocycles. The topological polar surface area (TPSA) is 75.9 Å². The number of aryl methyl sites for hydroxylation is 1. The predicted octanol–water partition coefficient (Wildman–Crippen LogP) is 1.84. The first-order valence-corrected chi connectivity index (χ1v) is 6.74. The Morgan fingerprint density at radius 3 is 2.80 bits per heavy atom. The van der Waals surface area contributed by atoms with E-state index in [0.29, 0.717) is 29.6 Å². The van der Waals surface area contributed by atoms with Gasteiger partial charge in [0.2, 0.25) is 0 Å². The number of hydrogen-bond acceptors (Lipinski definition) is 4. The first-order valence-electron chi connectivity index (χ1n) is 6.74. The molecule has 2 N–H and O–H groups in total. The molecule has 0 aliphatic heterocycles. The Bertz CT molecular complexity index is 466. The number of ether oxygens (including phenoxy) is 1. The lowest BCUT2D eigenvalue weighted by Crippen LogP contribution is -2.37. The van der Waals surface area contributed by atoms with E-state index in [0.717, 1.165) is 19.4 Å². The second kappa shape index (κ2) is 8.24. The van der Waals surface area contributed by atoms with Gasteiger partial charge in [-0.3, -0.25) is 4.99 Å².